The number of amides is 2. The van der Waals surface area contributed by atoms with Gasteiger partial charge in [0.25, 0.3) is 5.91 Å². The molecule has 1 fully saturated rings. The summed E-state index contributed by atoms with van der Waals surface area (Å²) in [4.78, 5) is 42.0. The molecule has 3 heterocycles. The van der Waals surface area contributed by atoms with E-state index in [0.717, 1.165) is 4.31 Å². The minimum absolute atomic E-state index is 0.0496. The lowest BCUT2D eigenvalue weighted by Crippen LogP contribution is -2.38. The van der Waals surface area contributed by atoms with Crippen molar-refractivity contribution in [3.05, 3.63) is 66.3 Å². The average Bonchev–Trinajstić information content (AvgIpc) is 3.47. The first-order valence-electron chi connectivity index (χ1n) is 12.9. The van der Waals surface area contributed by atoms with Gasteiger partial charge in [0.15, 0.2) is 5.82 Å². The lowest BCUT2D eigenvalue weighted by Gasteiger charge is -2.22. The Balaban J connectivity index is 1.52. The number of ether oxygens (including phenoxy) is 1. The number of likely N-dealkylation sites (tertiary alicyclic amines) is 1. The van der Waals surface area contributed by atoms with Crippen LogP contribution in [0, 0.1) is 0 Å². The molecule has 1 aromatic carbocycles. The fraction of sp³-hybridized carbons (Fsp3) is 0.308. The van der Waals surface area contributed by atoms with Gasteiger partial charge in [0.05, 0.1) is 19.3 Å². The molecular weight excluding hydrogens is 607 g/mol. The molecule has 4 rings (SSSR count). The van der Waals surface area contributed by atoms with Crippen LogP contribution in [0.5, 0.6) is 5.75 Å². The average molecular weight is 635 g/mol. The Morgan fingerprint density at radius 2 is 2.02 bits per heavy atom. The number of aromatic nitrogens is 4. The molecule has 1 aliphatic rings. The lowest BCUT2D eigenvalue weighted by atomic mass is 10.1. The van der Waals surface area contributed by atoms with Crippen molar-refractivity contribution >= 4 is 46.4 Å². The number of hydrogen-bond acceptors (Lipinski definition) is 11. The van der Waals surface area contributed by atoms with E-state index in [9.17, 15) is 31.5 Å². The molecule has 0 aliphatic carbocycles. The van der Waals surface area contributed by atoms with Crippen LogP contribution in [0.3, 0.4) is 0 Å². The molecule has 2 aromatic heterocycles. The van der Waals surface area contributed by atoms with Gasteiger partial charge in [-0.15, -0.1) is 0 Å². The van der Waals surface area contributed by atoms with Gasteiger partial charge in [-0.05, 0) is 30.7 Å². The zero-order chi connectivity index (χ0) is 32.0. The molecule has 3 N–H and O–H groups in total. The summed E-state index contributed by atoms with van der Waals surface area (Å²) in [5.74, 6) is -1.35. The molecule has 2 amide bonds. The van der Waals surface area contributed by atoms with Crippen molar-refractivity contribution in [1.82, 2.24) is 30.2 Å². The van der Waals surface area contributed by atoms with Crippen LogP contribution in [0.2, 0.25) is 0 Å². The Kier molecular flexibility index (Phi) is 9.94. The lowest BCUT2D eigenvalue weighted by molar-refractivity contribution is -0.137. The van der Waals surface area contributed by atoms with Gasteiger partial charge in [0, 0.05) is 61.6 Å². The summed E-state index contributed by atoms with van der Waals surface area (Å²) in [6.07, 6.45) is 0.0751. The normalized spacial score (nSPS) is 15.3. The van der Waals surface area contributed by atoms with Crippen LogP contribution in [0.1, 0.15) is 28.0 Å². The number of anilines is 4. The molecule has 0 radical (unpaired) electrons. The summed E-state index contributed by atoms with van der Waals surface area (Å²) < 4.78 is 70.2. The van der Waals surface area contributed by atoms with Gasteiger partial charge >= 0.3 is 6.18 Å². The van der Waals surface area contributed by atoms with Crippen molar-refractivity contribution in [3.8, 4) is 5.75 Å². The molecule has 18 heteroatoms. The number of carbonyl (C=O) groups is 2. The molecule has 14 nitrogen and oxygen atoms in total. The fourth-order valence-electron chi connectivity index (χ4n) is 4.30. The number of nitrogens with zero attached hydrogens (tertiary/aromatic N) is 6. The predicted molar refractivity (Wildman–Crippen MR) is 153 cm³/mol. The van der Waals surface area contributed by atoms with E-state index < -0.39 is 34.7 Å². The van der Waals surface area contributed by atoms with Crippen LogP contribution in [0.25, 0.3) is 0 Å². The molecule has 44 heavy (non-hydrogen) atoms. The second-order valence-electron chi connectivity index (χ2n) is 9.34. The monoisotopic (exact) mass is 634 g/mol. The van der Waals surface area contributed by atoms with Crippen molar-refractivity contribution in [2.24, 2.45) is 0 Å². The Bertz CT molecular complexity index is 1580. The van der Waals surface area contributed by atoms with Crippen molar-refractivity contribution in [3.63, 3.8) is 0 Å². The molecule has 2 unspecified atom stereocenters. The highest BCUT2D eigenvalue weighted by Gasteiger charge is 2.35. The summed E-state index contributed by atoms with van der Waals surface area (Å²) in [6, 6.07) is 4.16. The Morgan fingerprint density at radius 3 is 2.70 bits per heavy atom. The standard InChI is InChI=1S/C26H28F3N9O5S/c1-4-21(39)38-10-7-16(14-38)34-24(40)15-5-6-18(20(11-15)43-3)35-25-33-12-17(26(27,28)29)22(36-25)32-13-19-23(31-9-8-30-19)37(2)44(41)42/h4-6,8-9,11-12,16H,1,7,10,13-14H2,2-3H3,(H,34,40)(H,41,42)(H2,32,33,35,36)/p-1. The van der Waals surface area contributed by atoms with Gasteiger partial charge in [-0.1, -0.05) is 6.58 Å². The van der Waals surface area contributed by atoms with Crippen LogP contribution in [0.4, 0.5) is 36.4 Å². The number of benzene rings is 1. The maximum Gasteiger partial charge on any atom is 0.421 e. The summed E-state index contributed by atoms with van der Waals surface area (Å²) >= 11 is -2.69. The van der Waals surface area contributed by atoms with Gasteiger partial charge in [0.1, 0.15) is 22.8 Å². The van der Waals surface area contributed by atoms with Crippen molar-refractivity contribution in [2.45, 2.75) is 25.2 Å². The van der Waals surface area contributed by atoms with Gasteiger partial charge in [0.2, 0.25) is 11.9 Å². The summed E-state index contributed by atoms with van der Waals surface area (Å²) in [5, 5.41) is 8.20. The number of alkyl halides is 3. The Labute approximate surface area is 252 Å². The second-order valence-corrected chi connectivity index (χ2v) is 10.3. The molecule has 234 valence electrons. The fourth-order valence-corrected chi connectivity index (χ4v) is 4.60. The number of halogens is 3. The van der Waals surface area contributed by atoms with Crippen LogP contribution in [0.15, 0.2) is 49.4 Å². The number of methoxy groups -OCH3 is 1. The zero-order valence-corrected chi connectivity index (χ0v) is 24.2. The van der Waals surface area contributed by atoms with E-state index in [-0.39, 0.29) is 53.0 Å². The van der Waals surface area contributed by atoms with Crippen molar-refractivity contribution in [1.29, 1.82) is 0 Å². The Morgan fingerprint density at radius 1 is 1.27 bits per heavy atom. The summed E-state index contributed by atoms with van der Waals surface area (Å²) in [5.41, 5.74) is -0.614. The van der Waals surface area contributed by atoms with Crippen LogP contribution in [-0.4, -0.2) is 78.7 Å². The predicted octanol–water partition coefficient (Wildman–Crippen LogP) is 2.40. The molecule has 2 atom stereocenters. The highest BCUT2D eigenvalue weighted by Crippen LogP contribution is 2.35. The summed E-state index contributed by atoms with van der Waals surface area (Å²) in [7, 11) is 2.56. The van der Waals surface area contributed by atoms with Gasteiger partial charge in [-0.2, -0.15) is 18.2 Å². The third-order valence-electron chi connectivity index (χ3n) is 6.51. The first kappa shape index (κ1) is 32.1. The Hall–Kier alpha value is -4.84. The van der Waals surface area contributed by atoms with E-state index in [1.54, 1.807) is 4.90 Å². The first-order valence-corrected chi connectivity index (χ1v) is 13.9. The summed E-state index contributed by atoms with van der Waals surface area (Å²) in [6.45, 7) is 3.96. The second kappa shape index (κ2) is 13.6. The van der Waals surface area contributed by atoms with Gasteiger partial charge in [-0.3, -0.25) is 23.1 Å². The van der Waals surface area contributed by atoms with E-state index in [2.05, 4.69) is 42.5 Å². The molecule has 0 spiro atoms. The van der Waals surface area contributed by atoms with E-state index in [0.29, 0.717) is 25.7 Å². The highest BCUT2D eigenvalue weighted by molar-refractivity contribution is 7.80. The molecule has 3 aromatic rings. The molecular formula is C26H27F3N9O5S-. The van der Waals surface area contributed by atoms with E-state index in [1.165, 1.54) is 50.8 Å². The first-order chi connectivity index (χ1) is 20.9. The van der Waals surface area contributed by atoms with Crippen LogP contribution >= 0.6 is 0 Å². The quantitative estimate of drug-likeness (QED) is 0.208. The maximum atomic E-state index is 13.8. The topological polar surface area (TPSA) is 178 Å². The smallest absolute Gasteiger partial charge is 0.421 e. The number of hydrogen-bond donors (Lipinski definition) is 3. The number of carbonyl (C=O) groups excluding carboxylic acids is 2. The number of rotatable bonds is 11. The third-order valence-corrected chi connectivity index (χ3v) is 7.13. The van der Waals surface area contributed by atoms with Crippen molar-refractivity contribution in [2.75, 3.05) is 42.2 Å². The van der Waals surface area contributed by atoms with Crippen molar-refractivity contribution < 1.29 is 36.3 Å². The third kappa shape index (κ3) is 7.56. The minimum Gasteiger partial charge on any atom is -0.755 e. The SMILES string of the molecule is C=CC(=O)N1CCC(NC(=O)c2ccc(Nc3ncc(C(F)(F)F)c(NCc4nccnc4N(C)S(=O)[O-])n3)c(OC)c2)C1. The number of nitrogens with one attached hydrogen (secondary N) is 3. The van der Waals surface area contributed by atoms with Crippen LogP contribution in [-0.2, 0) is 28.8 Å². The minimum atomic E-state index is -4.82. The largest absolute Gasteiger partial charge is 0.755 e. The van der Waals surface area contributed by atoms with E-state index in [4.69, 9.17) is 4.74 Å². The maximum absolute atomic E-state index is 13.8. The molecule has 0 bridgehead atoms. The van der Waals surface area contributed by atoms with E-state index >= 15 is 0 Å². The molecule has 1 saturated heterocycles. The van der Waals surface area contributed by atoms with Crippen LogP contribution < -0.4 is 25.0 Å². The zero-order valence-electron chi connectivity index (χ0n) is 23.4. The van der Waals surface area contributed by atoms with Gasteiger partial charge in [-0.25, -0.2) is 9.97 Å². The molecule has 1 aliphatic heterocycles. The van der Waals surface area contributed by atoms with E-state index in [1.807, 2.05) is 0 Å². The van der Waals surface area contributed by atoms with Gasteiger partial charge < -0.3 is 30.1 Å². The molecule has 0 saturated carbocycles. The highest BCUT2D eigenvalue weighted by atomic mass is 32.2.